The molecule has 0 aliphatic carbocycles. The molecular formula is C22H26N+. The Bertz CT molecular complexity index is 853. The minimum Gasteiger partial charge on any atom is -0.200 e. The van der Waals surface area contributed by atoms with Crippen LogP contribution < -0.4 is 4.57 Å². The standard InChI is InChI=1S/C22H26N/c1-16-8-6-7-9-19(16)21-20-14-17(15-22(2,3)4)10-11-18(20)12-13-23(21)5/h6-14H,15H2,1-5H3/q+1. The van der Waals surface area contributed by atoms with E-state index in [0.717, 1.165) is 6.42 Å². The molecule has 0 aliphatic rings. The van der Waals surface area contributed by atoms with Gasteiger partial charge < -0.3 is 0 Å². The largest absolute Gasteiger partial charge is 0.220 e. The lowest BCUT2D eigenvalue weighted by Gasteiger charge is -2.18. The Balaban J connectivity index is 2.26. The average Bonchev–Trinajstić information content (AvgIpc) is 2.47. The fraction of sp³-hybridized carbons (Fsp3) is 0.318. The highest BCUT2D eigenvalue weighted by Gasteiger charge is 2.18. The predicted octanol–water partition coefficient (Wildman–Crippen LogP) is 5.23. The summed E-state index contributed by atoms with van der Waals surface area (Å²) < 4.78 is 2.24. The zero-order chi connectivity index (χ0) is 16.6. The van der Waals surface area contributed by atoms with Crippen molar-refractivity contribution in [3.05, 3.63) is 65.9 Å². The Labute approximate surface area is 139 Å². The summed E-state index contributed by atoms with van der Waals surface area (Å²) in [6.45, 7) is 9.08. The third kappa shape index (κ3) is 3.29. The van der Waals surface area contributed by atoms with Crippen molar-refractivity contribution >= 4 is 10.8 Å². The van der Waals surface area contributed by atoms with Crippen molar-refractivity contribution in [2.75, 3.05) is 0 Å². The average molecular weight is 304 g/mol. The first-order chi connectivity index (χ1) is 10.8. The topological polar surface area (TPSA) is 3.88 Å². The van der Waals surface area contributed by atoms with E-state index in [0.29, 0.717) is 5.41 Å². The first-order valence-corrected chi connectivity index (χ1v) is 8.32. The molecule has 2 aromatic carbocycles. The molecular weight excluding hydrogens is 278 g/mol. The molecule has 0 saturated carbocycles. The molecule has 0 saturated heterocycles. The molecule has 0 spiro atoms. The number of rotatable bonds is 2. The number of aromatic nitrogens is 1. The Morgan fingerprint density at radius 2 is 1.70 bits per heavy atom. The highest BCUT2D eigenvalue weighted by Crippen LogP contribution is 2.30. The summed E-state index contributed by atoms with van der Waals surface area (Å²) in [6.07, 6.45) is 3.25. The van der Waals surface area contributed by atoms with Crippen molar-refractivity contribution < 1.29 is 4.57 Å². The van der Waals surface area contributed by atoms with Crippen LogP contribution in [0.15, 0.2) is 54.7 Å². The Kier molecular flexibility index (Phi) is 3.97. The van der Waals surface area contributed by atoms with Gasteiger partial charge in [-0.25, -0.2) is 4.57 Å². The van der Waals surface area contributed by atoms with E-state index in [1.165, 1.54) is 33.2 Å². The Morgan fingerprint density at radius 1 is 0.957 bits per heavy atom. The summed E-state index contributed by atoms with van der Waals surface area (Å²) in [5.74, 6) is 0. The lowest BCUT2D eigenvalue weighted by molar-refractivity contribution is -0.659. The van der Waals surface area contributed by atoms with E-state index in [-0.39, 0.29) is 0 Å². The van der Waals surface area contributed by atoms with Gasteiger partial charge in [-0.3, -0.25) is 0 Å². The van der Waals surface area contributed by atoms with Crippen LogP contribution in [0.5, 0.6) is 0 Å². The number of nitrogens with zero attached hydrogens (tertiary/aromatic N) is 1. The van der Waals surface area contributed by atoms with E-state index >= 15 is 0 Å². The van der Waals surface area contributed by atoms with Crippen LogP contribution in [0, 0.1) is 12.3 Å². The monoisotopic (exact) mass is 304 g/mol. The minimum atomic E-state index is 0.299. The molecule has 0 N–H and O–H groups in total. The predicted molar refractivity (Wildman–Crippen MR) is 98.5 cm³/mol. The zero-order valence-corrected chi connectivity index (χ0v) is 14.9. The third-order valence-corrected chi connectivity index (χ3v) is 4.34. The summed E-state index contributed by atoms with van der Waals surface area (Å²) in [7, 11) is 2.14. The van der Waals surface area contributed by atoms with Crippen molar-refractivity contribution in [3.8, 4) is 11.3 Å². The summed E-state index contributed by atoms with van der Waals surface area (Å²) in [5.41, 5.74) is 5.64. The van der Waals surface area contributed by atoms with Crippen molar-refractivity contribution in [2.45, 2.75) is 34.1 Å². The molecule has 0 radical (unpaired) electrons. The quantitative estimate of drug-likeness (QED) is 0.571. The van der Waals surface area contributed by atoms with Crippen LogP contribution >= 0.6 is 0 Å². The van der Waals surface area contributed by atoms with Crippen LogP contribution in [-0.2, 0) is 13.5 Å². The van der Waals surface area contributed by atoms with Crippen LogP contribution in [0.25, 0.3) is 22.0 Å². The SMILES string of the molecule is Cc1ccccc1-c1c2cc(CC(C)(C)C)ccc2cc[n+]1C. The molecule has 0 unspecified atom stereocenters. The van der Waals surface area contributed by atoms with Gasteiger partial charge in [0.05, 0.1) is 5.39 Å². The number of aryl methyl sites for hydroxylation is 2. The Morgan fingerprint density at radius 3 is 2.39 bits per heavy atom. The molecule has 3 aromatic rings. The zero-order valence-electron chi connectivity index (χ0n) is 14.9. The van der Waals surface area contributed by atoms with Gasteiger partial charge in [0.15, 0.2) is 6.20 Å². The second kappa shape index (κ2) is 5.81. The molecule has 0 amide bonds. The second-order valence-corrected chi connectivity index (χ2v) is 7.75. The second-order valence-electron chi connectivity index (χ2n) is 7.75. The van der Waals surface area contributed by atoms with Crippen LogP contribution in [0.2, 0.25) is 0 Å². The van der Waals surface area contributed by atoms with Gasteiger partial charge in [-0.2, -0.15) is 0 Å². The van der Waals surface area contributed by atoms with E-state index in [1.54, 1.807) is 0 Å². The summed E-state index contributed by atoms with van der Waals surface area (Å²) in [4.78, 5) is 0. The molecule has 3 rings (SSSR count). The van der Waals surface area contributed by atoms with Crippen LogP contribution in [-0.4, -0.2) is 0 Å². The van der Waals surface area contributed by atoms with Crippen molar-refractivity contribution in [2.24, 2.45) is 12.5 Å². The Hall–Kier alpha value is -2.15. The van der Waals surface area contributed by atoms with Gasteiger partial charge in [-0.05, 0) is 47.4 Å². The fourth-order valence-electron chi connectivity index (χ4n) is 3.31. The minimum absolute atomic E-state index is 0.299. The molecule has 0 bridgehead atoms. The van der Waals surface area contributed by atoms with Crippen LogP contribution in [0.3, 0.4) is 0 Å². The van der Waals surface area contributed by atoms with E-state index in [9.17, 15) is 0 Å². The van der Waals surface area contributed by atoms with Crippen molar-refractivity contribution in [3.63, 3.8) is 0 Å². The van der Waals surface area contributed by atoms with Crippen molar-refractivity contribution in [1.82, 2.24) is 0 Å². The van der Waals surface area contributed by atoms with Gasteiger partial charge in [0, 0.05) is 11.6 Å². The summed E-state index contributed by atoms with van der Waals surface area (Å²) >= 11 is 0. The van der Waals surface area contributed by atoms with Crippen molar-refractivity contribution in [1.29, 1.82) is 0 Å². The maximum Gasteiger partial charge on any atom is 0.220 e. The molecule has 0 fully saturated rings. The van der Waals surface area contributed by atoms with E-state index in [2.05, 4.69) is 94.0 Å². The number of fused-ring (bicyclic) bond motifs is 1. The van der Waals surface area contributed by atoms with Gasteiger partial charge in [-0.15, -0.1) is 0 Å². The molecule has 1 heterocycles. The highest BCUT2D eigenvalue weighted by atomic mass is 14.9. The molecule has 1 aromatic heterocycles. The van der Waals surface area contributed by atoms with E-state index in [4.69, 9.17) is 0 Å². The third-order valence-electron chi connectivity index (χ3n) is 4.34. The van der Waals surface area contributed by atoms with Gasteiger partial charge in [0.1, 0.15) is 7.05 Å². The van der Waals surface area contributed by atoms with Gasteiger partial charge in [0.25, 0.3) is 0 Å². The molecule has 0 atom stereocenters. The van der Waals surface area contributed by atoms with E-state index in [1.807, 2.05) is 0 Å². The number of pyridine rings is 1. The molecule has 1 nitrogen and oxygen atoms in total. The lowest BCUT2D eigenvalue weighted by atomic mass is 9.87. The maximum atomic E-state index is 2.38. The molecule has 1 heteroatoms. The first-order valence-electron chi connectivity index (χ1n) is 8.32. The summed E-state index contributed by atoms with van der Waals surface area (Å²) in [6, 6.07) is 17.8. The van der Waals surface area contributed by atoms with Gasteiger partial charge in [-0.1, -0.05) is 51.1 Å². The number of hydrogen-bond donors (Lipinski definition) is 0. The number of benzene rings is 2. The molecule has 23 heavy (non-hydrogen) atoms. The molecule has 0 aliphatic heterocycles. The van der Waals surface area contributed by atoms with E-state index < -0.39 is 0 Å². The maximum absolute atomic E-state index is 2.38. The first kappa shape index (κ1) is 15.7. The fourth-order valence-corrected chi connectivity index (χ4v) is 3.31. The van der Waals surface area contributed by atoms with Gasteiger partial charge in [0.2, 0.25) is 5.69 Å². The molecule has 118 valence electrons. The van der Waals surface area contributed by atoms with Crippen LogP contribution in [0.4, 0.5) is 0 Å². The number of hydrogen-bond acceptors (Lipinski definition) is 0. The van der Waals surface area contributed by atoms with Gasteiger partial charge >= 0.3 is 0 Å². The summed E-state index contributed by atoms with van der Waals surface area (Å²) in [5, 5.41) is 2.64. The smallest absolute Gasteiger partial charge is 0.200 e. The lowest BCUT2D eigenvalue weighted by Crippen LogP contribution is -2.30. The van der Waals surface area contributed by atoms with Crippen LogP contribution in [0.1, 0.15) is 31.9 Å². The highest BCUT2D eigenvalue weighted by molar-refractivity contribution is 5.94. The normalized spacial score (nSPS) is 11.9.